The van der Waals surface area contributed by atoms with Crippen molar-refractivity contribution in [2.45, 2.75) is 58.0 Å². The van der Waals surface area contributed by atoms with Gasteiger partial charge >= 0.3 is 6.61 Å². The van der Waals surface area contributed by atoms with E-state index >= 15 is 0 Å². The molecule has 0 amide bonds. The van der Waals surface area contributed by atoms with Gasteiger partial charge in [-0.1, -0.05) is 18.2 Å². The number of halogens is 3. The Balaban J connectivity index is 1.65. The standard InChI is InChI=1S/C20H25F3O/c1-2-3-13-4-5-15-11-16(7-6-14(15)10-13)17-8-9-19(18(21)12-17)24-20(22)23/h2-3,8-9,12-16,20H,4-7,10-11H2,1H3/b3-2+. The van der Waals surface area contributed by atoms with Gasteiger partial charge in [-0.25, -0.2) is 4.39 Å². The molecule has 2 aliphatic rings. The molecule has 0 spiro atoms. The van der Waals surface area contributed by atoms with E-state index in [2.05, 4.69) is 23.8 Å². The Bertz CT molecular complexity index is 584. The third-order valence-corrected chi connectivity index (χ3v) is 5.76. The van der Waals surface area contributed by atoms with E-state index in [0.717, 1.165) is 30.2 Å². The van der Waals surface area contributed by atoms with Crippen LogP contribution in [0.1, 0.15) is 56.9 Å². The van der Waals surface area contributed by atoms with Gasteiger partial charge in [0.1, 0.15) is 0 Å². The van der Waals surface area contributed by atoms with Gasteiger partial charge in [-0.05, 0) is 86.8 Å². The van der Waals surface area contributed by atoms with Crippen molar-refractivity contribution in [2.75, 3.05) is 0 Å². The summed E-state index contributed by atoms with van der Waals surface area (Å²) in [4.78, 5) is 0. The first kappa shape index (κ1) is 17.4. The van der Waals surface area contributed by atoms with Gasteiger partial charge in [-0.15, -0.1) is 0 Å². The van der Waals surface area contributed by atoms with E-state index in [4.69, 9.17) is 0 Å². The Hall–Kier alpha value is -1.45. The fraction of sp³-hybridized carbons (Fsp3) is 0.600. The average Bonchev–Trinajstić information content (AvgIpc) is 2.56. The second-order valence-electron chi connectivity index (χ2n) is 7.20. The molecule has 1 nitrogen and oxygen atoms in total. The van der Waals surface area contributed by atoms with Crippen molar-refractivity contribution in [3.63, 3.8) is 0 Å². The number of allylic oxidation sites excluding steroid dienone is 2. The van der Waals surface area contributed by atoms with E-state index < -0.39 is 12.4 Å². The van der Waals surface area contributed by atoms with Crippen LogP contribution in [0.25, 0.3) is 0 Å². The first-order valence-electron chi connectivity index (χ1n) is 8.94. The maximum atomic E-state index is 14.0. The van der Waals surface area contributed by atoms with Crippen LogP contribution in [0.5, 0.6) is 5.75 Å². The molecule has 4 heteroatoms. The Morgan fingerprint density at radius 1 is 1.08 bits per heavy atom. The van der Waals surface area contributed by atoms with Crippen molar-refractivity contribution in [3.05, 3.63) is 41.7 Å². The van der Waals surface area contributed by atoms with Gasteiger partial charge in [0.15, 0.2) is 11.6 Å². The summed E-state index contributed by atoms with van der Waals surface area (Å²) in [6.45, 7) is -0.910. The van der Waals surface area contributed by atoms with Crippen molar-refractivity contribution in [2.24, 2.45) is 17.8 Å². The van der Waals surface area contributed by atoms with Gasteiger partial charge in [0.25, 0.3) is 0 Å². The number of hydrogen-bond donors (Lipinski definition) is 0. The fourth-order valence-electron chi connectivity index (χ4n) is 4.64. The molecule has 4 atom stereocenters. The maximum absolute atomic E-state index is 14.0. The SMILES string of the molecule is C/C=C/C1CCC2CC(c3ccc(OC(F)F)c(F)c3)CCC2C1. The highest BCUT2D eigenvalue weighted by atomic mass is 19.3. The number of alkyl halides is 2. The lowest BCUT2D eigenvalue weighted by atomic mass is 9.64. The van der Waals surface area contributed by atoms with Crippen molar-refractivity contribution < 1.29 is 17.9 Å². The molecule has 1 aromatic carbocycles. The number of rotatable bonds is 4. The molecule has 24 heavy (non-hydrogen) atoms. The molecule has 132 valence electrons. The zero-order valence-corrected chi connectivity index (χ0v) is 14.1. The number of fused-ring (bicyclic) bond motifs is 1. The van der Waals surface area contributed by atoms with Crippen LogP contribution in [0.2, 0.25) is 0 Å². The molecule has 0 aromatic heterocycles. The molecule has 2 aliphatic carbocycles. The minimum atomic E-state index is -2.99. The predicted octanol–water partition coefficient (Wildman–Crippen LogP) is 6.30. The van der Waals surface area contributed by atoms with Gasteiger partial charge < -0.3 is 4.74 Å². The summed E-state index contributed by atoms with van der Waals surface area (Å²) >= 11 is 0. The summed E-state index contributed by atoms with van der Waals surface area (Å²) in [5, 5.41) is 0. The normalized spacial score (nSPS) is 30.5. The van der Waals surface area contributed by atoms with E-state index in [1.54, 1.807) is 6.07 Å². The molecule has 0 aliphatic heterocycles. The highest BCUT2D eigenvalue weighted by molar-refractivity contribution is 5.31. The lowest BCUT2D eigenvalue weighted by Crippen LogP contribution is -2.30. The first-order chi connectivity index (χ1) is 11.6. The van der Waals surface area contributed by atoms with E-state index in [-0.39, 0.29) is 5.75 Å². The van der Waals surface area contributed by atoms with Crippen molar-refractivity contribution >= 4 is 0 Å². The second-order valence-corrected chi connectivity index (χ2v) is 7.20. The molecule has 0 N–H and O–H groups in total. The smallest absolute Gasteiger partial charge is 0.387 e. The van der Waals surface area contributed by atoms with Crippen molar-refractivity contribution in [1.82, 2.24) is 0 Å². The first-order valence-corrected chi connectivity index (χ1v) is 8.94. The van der Waals surface area contributed by atoms with Crippen LogP contribution in [0, 0.1) is 23.6 Å². The van der Waals surface area contributed by atoms with Gasteiger partial charge in [-0.3, -0.25) is 0 Å². The largest absolute Gasteiger partial charge is 0.432 e. The minimum Gasteiger partial charge on any atom is -0.432 e. The molecular weight excluding hydrogens is 313 g/mol. The summed E-state index contributed by atoms with van der Waals surface area (Å²) in [7, 11) is 0. The average molecular weight is 338 g/mol. The highest BCUT2D eigenvalue weighted by Crippen LogP contribution is 2.48. The van der Waals surface area contributed by atoms with Crippen LogP contribution in [-0.4, -0.2) is 6.61 Å². The van der Waals surface area contributed by atoms with Crippen LogP contribution >= 0.6 is 0 Å². The molecule has 2 saturated carbocycles. The summed E-state index contributed by atoms with van der Waals surface area (Å²) in [6, 6.07) is 4.47. The van der Waals surface area contributed by atoms with Crippen LogP contribution in [0.4, 0.5) is 13.2 Å². The van der Waals surface area contributed by atoms with Gasteiger partial charge in [-0.2, -0.15) is 8.78 Å². The van der Waals surface area contributed by atoms with E-state index in [9.17, 15) is 13.2 Å². The molecule has 4 unspecified atom stereocenters. The predicted molar refractivity (Wildman–Crippen MR) is 88.8 cm³/mol. The molecule has 0 saturated heterocycles. The molecular formula is C20H25F3O. The van der Waals surface area contributed by atoms with Crippen LogP contribution in [0.3, 0.4) is 0 Å². The monoisotopic (exact) mass is 338 g/mol. The maximum Gasteiger partial charge on any atom is 0.387 e. The van der Waals surface area contributed by atoms with Crippen LogP contribution in [-0.2, 0) is 0 Å². The fourth-order valence-corrected chi connectivity index (χ4v) is 4.64. The molecule has 0 radical (unpaired) electrons. The minimum absolute atomic E-state index is 0.333. The topological polar surface area (TPSA) is 9.23 Å². The number of benzene rings is 1. The van der Waals surface area contributed by atoms with Gasteiger partial charge in [0.2, 0.25) is 0 Å². The summed E-state index contributed by atoms with van der Waals surface area (Å²) < 4.78 is 42.6. The molecule has 2 fully saturated rings. The van der Waals surface area contributed by atoms with E-state index in [1.807, 2.05) is 0 Å². The Morgan fingerprint density at radius 2 is 1.83 bits per heavy atom. The molecule has 0 bridgehead atoms. The van der Waals surface area contributed by atoms with Crippen molar-refractivity contribution in [1.29, 1.82) is 0 Å². The Kier molecular flexibility index (Phi) is 5.52. The molecule has 3 rings (SSSR count). The van der Waals surface area contributed by atoms with E-state index in [0.29, 0.717) is 11.8 Å². The number of hydrogen-bond acceptors (Lipinski definition) is 1. The zero-order chi connectivity index (χ0) is 17.1. The summed E-state index contributed by atoms with van der Waals surface area (Å²) in [5.41, 5.74) is 0.920. The second kappa shape index (κ2) is 7.62. The summed E-state index contributed by atoms with van der Waals surface area (Å²) in [6.07, 6.45) is 11.6. The third kappa shape index (κ3) is 3.96. The lowest BCUT2D eigenvalue weighted by molar-refractivity contribution is -0.0522. The van der Waals surface area contributed by atoms with Crippen LogP contribution in [0.15, 0.2) is 30.4 Å². The van der Waals surface area contributed by atoms with Gasteiger partial charge in [0.05, 0.1) is 0 Å². The summed E-state index contributed by atoms with van der Waals surface area (Å²) in [5.74, 6) is 1.49. The Morgan fingerprint density at radius 3 is 2.54 bits per heavy atom. The highest BCUT2D eigenvalue weighted by Gasteiger charge is 2.35. The number of ether oxygens (including phenoxy) is 1. The van der Waals surface area contributed by atoms with Gasteiger partial charge in [0, 0.05) is 0 Å². The van der Waals surface area contributed by atoms with E-state index in [1.165, 1.54) is 37.8 Å². The van der Waals surface area contributed by atoms with Crippen molar-refractivity contribution in [3.8, 4) is 5.75 Å². The quantitative estimate of drug-likeness (QED) is 0.585. The lowest BCUT2D eigenvalue weighted by Gasteiger charge is -2.41. The molecule has 0 heterocycles. The third-order valence-electron chi connectivity index (χ3n) is 5.76. The molecule has 1 aromatic rings. The zero-order valence-electron chi connectivity index (χ0n) is 14.1. The Labute approximate surface area is 141 Å². The van der Waals surface area contributed by atoms with Crippen LogP contribution < -0.4 is 4.74 Å².